The first-order valence-corrected chi connectivity index (χ1v) is 6.91. The highest BCUT2D eigenvalue weighted by Gasteiger charge is 2.13. The van der Waals surface area contributed by atoms with E-state index in [2.05, 4.69) is 22.3 Å². The van der Waals surface area contributed by atoms with Gasteiger partial charge in [-0.1, -0.05) is 12.1 Å². The normalized spacial score (nSPS) is 11.0. The lowest BCUT2D eigenvalue weighted by atomic mass is 10.1. The fourth-order valence-corrected chi connectivity index (χ4v) is 2.51. The Balaban J connectivity index is 1.88. The van der Waals surface area contributed by atoms with Gasteiger partial charge in [-0.05, 0) is 31.5 Å². The average Bonchev–Trinajstić information content (AvgIpc) is 3.01. The van der Waals surface area contributed by atoms with Gasteiger partial charge in [-0.25, -0.2) is 0 Å². The number of hydrogen-bond donors (Lipinski definition) is 2. The van der Waals surface area contributed by atoms with Crippen LogP contribution < -0.4 is 5.32 Å². The molecule has 1 aromatic carbocycles. The van der Waals surface area contributed by atoms with Crippen LogP contribution in [0.5, 0.6) is 0 Å². The number of rotatable bonds is 3. The zero-order chi connectivity index (χ0) is 15.0. The second-order valence-electron chi connectivity index (χ2n) is 5.23. The summed E-state index contributed by atoms with van der Waals surface area (Å²) >= 11 is 0. The summed E-state index contributed by atoms with van der Waals surface area (Å²) in [7, 11) is 1.86. The molecule has 0 atom stereocenters. The number of fused-ring (bicyclic) bond motifs is 1. The Morgan fingerprint density at radius 2 is 2.14 bits per heavy atom. The van der Waals surface area contributed by atoms with E-state index in [1.165, 1.54) is 5.56 Å². The van der Waals surface area contributed by atoms with E-state index in [9.17, 15) is 4.79 Å². The molecule has 2 heterocycles. The SMILES string of the molecule is Cc1[nH]c2c(C(=O)NCc3ccnn3C)cccc2c1C. The van der Waals surface area contributed by atoms with E-state index in [1.54, 1.807) is 10.9 Å². The van der Waals surface area contributed by atoms with Crippen molar-refractivity contribution in [2.45, 2.75) is 20.4 Å². The van der Waals surface area contributed by atoms with Crippen molar-refractivity contribution in [3.05, 3.63) is 53.0 Å². The minimum atomic E-state index is -0.0805. The summed E-state index contributed by atoms with van der Waals surface area (Å²) < 4.78 is 1.75. The van der Waals surface area contributed by atoms with Gasteiger partial charge in [0.25, 0.3) is 5.91 Å². The van der Waals surface area contributed by atoms with Gasteiger partial charge in [-0.2, -0.15) is 5.10 Å². The first-order valence-electron chi connectivity index (χ1n) is 6.91. The van der Waals surface area contributed by atoms with Crippen molar-refractivity contribution in [3.8, 4) is 0 Å². The van der Waals surface area contributed by atoms with Crippen LogP contribution in [0.25, 0.3) is 10.9 Å². The van der Waals surface area contributed by atoms with Crippen molar-refractivity contribution >= 4 is 16.8 Å². The number of amides is 1. The Hall–Kier alpha value is -2.56. The topological polar surface area (TPSA) is 62.7 Å². The molecule has 1 amide bonds. The van der Waals surface area contributed by atoms with E-state index in [0.29, 0.717) is 12.1 Å². The predicted octanol–water partition coefficient (Wildman–Crippen LogP) is 2.45. The van der Waals surface area contributed by atoms with Crippen LogP contribution >= 0.6 is 0 Å². The minimum absolute atomic E-state index is 0.0805. The molecule has 21 heavy (non-hydrogen) atoms. The molecule has 0 bridgehead atoms. The van der Waals surface area contributed by atoms with Gasteiger partial charge in [-0.15, -0.1) is 0 Å². The van der Waals surface area contributed by atoms with E-state index in [-0.39, 0.29) is 5.91 Å². The third-order valence-corrected chi connectivity index (χ3v) is 3.94. The molecule has 3 aromatic rings. The third kappa shape index (κ3) is 2.31. The standard InChI is InChI=1S/C16H18N4O/c1-10-11(2)19-15-13(10)5-4-6-14(15)16(21)17-9-12-7-8-18-20(12)3/h4-8,19H,9H2,1-3H3,(H,17,21). The summed E-state index contributed by atoms with van der Waals surface area (Å²) in [6, 6.07) is 7.69. The van der Waals surface area contributed by atoms with Crippen LogP contribution in [0.3, 0.4) is 0 Å². The van der Waals surface area contributed by atoms with Crippen LogP contribution in [-0.4, -0.2) is 20.7 Å². The quantitative estimate of drug-likeness (QED) is 0.775. The molecule has 0 radical (unpaired) electrons. The van der Waals surface area contributed by atoms with E-state index in [4.69, 9.17) is 0 Å². The fraction of sp³-hybridized carbons (Fsp3) is 0.250. The molecule has 5 heteroatoms. The van der Waals surface area contributed by atoms with Gasteiger partial charge in [0.2, 0.25) is 0 Å². The molecule has 0 fully saturated rings. The van der Waals surface area contributed by atoms with Crippen molar-refractivity contribution in [1.29, 1.82) is 0 Å². The van der Waals surface area contributed by atoms with E-state index in [0.717, 1.165) is 22.3 Å². The molecular formula is C16H18N4O. The highest BCUT2D eigenvalue weighted by atomic mass is 16.1. The molecule has 5 nitrogen and oxygen atoms in total. The molecule has 0 aliphatic rings. The second kappa shape index (κ2) is 5.09. The van der Waals surface area contributed by atoms with Crippen molar-refractivity contribution in [2.75, 3.05) is 0 Å². The Bertz CT molecular complexity index is 813. The van der Waals surface area contributed by atoms with Gasteiger partial charge in [0.15, 0.2) is 0 Å². The zero-order valence-corrected chi connectivity index (χ0v) is 12.4. The molecule has 2 N–H and O–H groups in total. The molecule has 0 aliphatic carbocycles. The van der Waals surface area contributed by atoms with E-state index < -0.39 is 0 Å². The van der Waals surface area contributed by atoms with Gasteiger partial charge in [0, 0.05) is 24.3 Å². The summed E-state index contributed by atoms with van der Waals surface area (Å²) in [5.74, 6) is -0.0805. The Kier molecular flexibility index (Phi) is 3.25. The minimum Gasteiger partial charge on any atom is -0.358 e. The molecule has 0 unspecified atom stereocenters. The smallest absolute Gasteiger partial charge is 0.253 e. The Morgan fingerprint density at radius 1 is 1.33 bits per heavy atom. The van der Waals surface area contributed by atoms with Gasteiger partial charge in [0.05, 0.1) is 23.3 Å². The summed E-state index contributed by atoms with van der Waals surface area (Å²) in [6.07, 6.45) is 1.72. The number of nitrogens with one attached hydrogen (secondary N) is 2. The number of hydrogen-bond acceptors (Lipinski definition) is 2. The molecule has 108 valence electrons. The molecule has 0 saturated carbocycles. The molecule has 0 aliphatic heterocycles. The van der Waals surface area contributed by atoms with Crippen molar-refractivity contribution in [3.63, 3.8) is 0 Å². The van der Waals surface area contributed by atoms with Crippen LogP contribution in [0.2, 0.25) is 0 Å². The van der Waals surface area contributed by atoms with Crippen molar-refractivity contribution in [2.24, 2.45) is 7.05 Å². The summed E-state index contributed by atoms with van der Waals surface area (Å²) in [4.78, 5) is 15.7. The van der Waals surface area contributed by atoms with Crippen LogP contribution in [0.1, 0.15) is 27.3 Å². The summed E-state index contributed by atoms with van der Waals surface area (Å²) in [5, 5.41) is 8.13. The molecule has 2 aromatic heterocycles. The zero-order valence-electron chi connectivity index (χ0n) is 12.4. The highest BCUT2D eigenvalue weighted by molar-refractivity contribution is 6.06. The number of para-hydroxylation sites is 1. The van der Waals surface area contributed by atoms with Crippen molar-refractivity contribution in [1.82, 2.24) is 20.1 Å². The monoisotopic (exact) mass is 282 g/mol. The third-order valence-electron chi connectivity index (χ3n) is 3.94. The molecule has 0 spiro atoms. The number of carbonyl (C=O) groups excluding carboxylic acids is 1. The average molecular weight is 282 g/mol. The number of aromatic amines is 1. The fourth-order valence-electron chi connectivity index (χ4n) is 2.51. The summed E-state index contributed by atoms with van der Waals surface area (Å²) in [5.41, 5.74) is 4.82. The Labute approximate surface area is 123 Å². The van der Waals surface area contributed by atoms with Crippen LogP contribution in [0.4, 0.5) is 0 Å². The lowest BCUT2D eigenvalue weighted by Crippen LogP contribution is -2.24. The molecule has 0 saturated heterocycles. The predicted molar refractivity (Wildman–Crippen MR) is 82.2 cm³/mol. The first-order chi connectivity index (χ1) is 10.1. The second-order valence-corrected chi connectivity index (χ2v) is 5.23. The van der Waals surface area contributed by atoms with E-state index in [1.807, 2.05) is 38.2 Å². The molecule has 3 rings (SSSR count). The van der Waals surface area contributed by atoms with Gasteiger partial charge in [-0.3, -0.25) is 9.48 Å². The number of nitrogens with zero attached hydrogens (tertiary/aromatic N) is 2. The Morgan fingerprint density at radius 3 is 2.86 bits per heavy atom. The van der Waals surface area contributed by atoms with Gasteiger partial charge < -0.3 is 10.3 Å². The maximum atomic E-state index is 12.4. The number of aryl methyl sites for hydroxylation is 3. The summed E-state index contributed by atoms with van der Waals surface area (Å²) in [6.45, 7) is 4.54. The van der Waals surface area contributed by atoms with Crippen molar-refractivity contribution < 1.29 is 4.79 Å². The maximum Gasteiger partial charge on any atom is 0.253 e. The highest BCUT2D eigenvalue weighted by Crippen LogP contribution is 2.24. The number of carbonyl (C=O) groups is 1. The maximum absolute atomic E-state index is 12.4. The van der Waals surface area contributed by atoms with Crippen LogP contribution in [-0.2, 0) is 13.6 Å². The van der Waals surface area contributed by atoms with Gasteiger partial charge in [0.1, 0.15) is 0 Å². The van der Waals surface area contributed by atoms with Crippen LogP contribution in [0.15, 0.2) is 30.5 Å². The largest absolute Gasteiger partial charge is 0.358 e. The number of benzene rings is 1. The van der Waals surface area contributed by atoms with E-state index >= 15 is 0 Å². The lowest BCUT2D eigenvalue weighted by Gasteiger charge is -2.06. The first kappa shape index (κ1) is 13.4. The number of H-pyrrole nitrogens is 1. The molecular weight excluding hydrogens is 264 g/mol. The van der Waals surface area contributed by atoms with Gasteiger partial charge >= 0.3 is 0 Å². The van der Waals surface area contributed by atoms with Crippen LogP contribution in [0, 0.1) is 13.8 Å². The number of aromatic nitrogens is 3. The lowest BCUT2D eigenvalue weighted by molar-refractivity contribution is 0.0951.